The number of nitrogens with zero attached hydrogens (tertiary/aromatic N) is 4. The fraction of sp³-hybridized carbons (Fsp3) is 0.400. The number of halogens is 1. The molecule has 0 spiro atoms. The Bertz CT molecular complexity index is 1120. The van der Waals surface area contributed by atoms with Crippen molar-refractivity contribution in [1.29, 1.82) is 0 Å². The van der Waals surface area contributed by atoms with Crippen LogP contribution in [0.1, 0.15) is 36.3 Å². The highest BCUT2D eigenvalue weighted by atomic mass is 35.5. The molecule has 0 aliphatic carbocycles. The van der Waals surface area contributed by atoms with Gasteiger partial charge in [-0.15, -0.1) is 0 Å². The van der Waals surface area contributed by atoms with Crippen molar-refractivity contribution in [2.45, 2.75) is 44.2 Å². The molecule has 0 amide bonds. The quantitative estimate of drug-likeness (QED) is 0.597. The third-order valence-corrected chi connectivity index (χ3v) is 7.49. The topological polar surface area (TPSA) is 93.1 Å². The third-order valence-electron chi connectivity index (χ3n) is 5.27. The van der Waals surface area contributed by atoms with Gasteiger partial charge >= 0.3 is 0 Å². The van der Waals surface area contributed by atoms with Crippen molar-refractivity contribution in [3.05, 3.63) is 58.6 Å². The monoisotopic (exact) mass is 449 g/mol. The Morgan fingerprint density at radius 2 is 2.07 bits per heavy atom. The Balaban J connectivity index is 1.41. The molecule has 2 aromatic heterocycles. The molecule has 1 saturated heterocycles. The van der Waals surface area contributed by atoms with E-state index >= 15 is 0 Å². The number of sulfonamides is 1. The van der Waals surface area contributed by atoms with Gasteiger partial charge in [0.15, 0.2) is 0 Å². The maximum atomic E-state index is 13.1. The van der Waals surface area contributed by atoms with Crippen LogP contribution in [0.15, 0.2) is 41.4 Å². The Morgan fingerprint density at radius 3 is 2.77 bits per heavy atom. The van der Waals surface area contributed by atoms with E-state index in [-0.39, 0.29) is 10.8 Å². The summed E-state index contributed by atoms with van der Waals surface area (Å²) in [5.41, 5.74) is 2.21. The molecule has 1 unspecified atom stereocenters. The molecule has 0 radical (unpaired) electrons. The third kappa shape index (κ3) is 4.23. The van der Waals surface area contributed by atoms with Gasteiger partial charge < -0.3 is 4.74 Å². The number of hydrogen-bond acceptors (Lipinski definition) is 5. The summed E-state index contributed by atoms with van der Waals surface area (Å²) in [6, 6.07) is 9.10. The minimum Gasteiger partial charge on any atom is -0.487 e. The summed E-state index contributed by atoms with van der Waals surface area (Å²) >= 11 is 5.88. The molecule has 1 aromatic carbocycles. The van der Waals surface area contributed by atoms with Crippen molar-refractivity contribution in [1.82, 2.24) is 24.3 Å². The van der Waals surface area contributed by atoms with E-state index in [1.54, 1.807) is 29.9 Å². The van der Waals surface area contributed by atoms with Crippen LogP contribution in [-0.4, -0.2) is 45.8 Å². The maximum absolute atomic E-state index is 13.1. The number of aromatic amines is 1. The van der Waals surface area contributed by atoms with Crippen molar-refractivity contribution in [2.24, 2.45) is 0 Å². The lowest BCUT2D eigenvalue weighted by Gasteiger charge is -2.15. The minimum absolute atomic E-state index is 0.0434. The van der Waals surface area contributed by atoms with Crippen LogP contribution in [0.2, 0.25) is 5.02 Å². The van der Waals surface area contributed by atoms with E-state index in [1.165, 1.54) is 4.31 Å². The van der Waals surface area contributed by atoms with E-state index < -0.39 is 10.0 Å². The lowest BCUT2D eigenvalue weighted by molar-refractivity contribution is 0.301. The predicted molar refractivity (Wildman–Crippen MR) is 113 cm³/mol. The van der Waals surface area contributed by atoms with Gasteiger partial charge in [0.05, 0.1) is 17.1 Å². The molecule has 1 N–H and O–H groups in total. The first-order chi connectivity index (χ1) is 14.4. The summed E-state index contributed by atoms with van der Waals surface area (Å²) in [5.74, 6) is 0.763. The van der Waals surface area contributed by atoms with E-state index in [4.69, 9.17) is 16.3 Å². The number of rotatable bonds is 7. The molecule has 3 heterocycles. The summed E-state index contributed by atoms with van der Waals surface area (Å²) in [7, 11) is -3.57. The van der Waals surface area contributed by atoms with Crippen molar-refractivity contribution < 1.29 is 13.2 Å². The second-order valence-electron chi connectivity index (χ2n) is 7.34. The van der Waals surface area contributed by atoms with Crippen LogP contribution in [0.25, 0.3) is 0 Å². The average molecular weight is 450 g/mol. The molecule has 1 aliphatic rings. The van der Waals surface area contributed by atoms with Crippen molar-refractivity contribution in [3.63, 3.8) is 0 Å². The molecule has 160 valence electrons. The number of aryl methyl sites for hydroxylation is 2. The molecule has 0 saturated carbocycles. The van der Waals surface area contributed by atoms with E-state index in [2.05, 4.69) is 15.3 Å². The number of ether oxygens (including phenoxy) is 1. The molecule has 3 aromatic rings. The van der Waals surface area contributed by atoms with Gasteiger partial charge in [-0.05, 0) is 50.6 Å². The molecule has 30 heavy (non-hydrogen) atoms. The summed E-state index contributed by atoms with van der Waals surface area (Å²) in [6.07, 6.45) is 2.33. The zero-order chi connectivity index (χ0) is 21.3. The van der Waals surface area contributed by atoms with Crippen LogP contribution in [0, 0.1) is 6.92 Å². The first-order valence-electron chi connectivity index (χ1n) is 9.83. The van der Waals surface area contributed by atoms with Gasteiger partial charge in [-0.2, -0.15) is 14.5 Å². The van der Waals surface area contributed by atoms with Gasteiger partial charge in [0.25, 0.3) is 0 Å². The Morgan fingerprint density at radius 1 is 1.30 bits per heavy atom. The van der Waals surface area contributed by atoms with Crippen molar-refractivity contribution >= 4 is 21.6 Å². The molecule has 8 nitrogen and oxygen atoms in total. The van der Waals surface area contributed by atoms with Crippen molar-refractivity contribution in [2.75, 3.05) is 13.1 Å². The van der Waals surface area contributed by atoms with E-state index in [9.17, 15) is 8.42 Å². The van der Waals surface area contributed by atoms with Gasteiger partial charge in [-0.3, -0.25) is 9.78 Å². The molecule has 0 bridgehead atoms. The summed E-state index contributed by atoms with van der Waals surface area (Å²) in [6.45, 7) is 5.51. The zero-order valence-corrected chi connectivity index (χ0v) is 18.4. The van der Waals surface area contributed by atoms with Crippen LogP contribution in [0.5, 0.6) is 5.75 Å². The van der Waals surface area contributed by atoms with Gasteiger partial charge in [0, 0.05) is 36.8 Å². The van der Waals surface area contributed by atoms with E-state index in [0.717, 1.165) is 23.6 Å². The number of hydrogen-bond donors (Lipinski definition) is 1. The number of nitrogens with one attached hydrogen (secondary N) is 1. The van der Waals surface area contributed by atoms with Crippen LogP contribution < -0.4 is 4.74 Å². The lowest BCUT2D eigenvalue weighted by Crippen LogP contribution is -2.29. The molecular formula is C20H24ClN5O3S. The van der Waals surface area contributed by atoms with E-state index in [0.29, 0.717) is 37.0 Å². The number of aromatic nitrogens is 4. The van der Waals surface area contributed by atoms with Crippen LogP contribution in [0.4, 0.5) is 0 Å². The number of benzene rings is 1. The van der Waals surface area contributed by atoms with Crippen LogP contribution in [0.3, 0.4) is 0 Å². The second kappa shape index (κ2) is 8.41. The molecule has 10 heteroatoms. The fourth-order valence-corrected chi connectivity index (χ4v) is 5.39. The normalized spacial score (nSPS) is 17.5. The molecule has 1 fully saturated rings. The maximum Gasteiger partial charge on any atom is 0.246 e. The fourth-order valence-electron chi connectivity index (χ4n) is 3.60. The van der Waals surface area contributed by atoms with Gasteiger partial charge in [0.1, 0.15) is 17.3 Å². The standard InChI is InChI=1S/C20H24ClN5O3S/c1-3-25-12-20(14(2)24-25)30(27,28)26-9-8-15(11-26)19-10-17(22-23-19)13-29-18-6-4-16(21)5-7-18/h4-7,10,12,15H,3,8-9,11,13H2,1-2H3,(H,22,23). The Hall–Kier alpha value is -2.36. The highest BCUT2D eigenvalue weighted by Gasteiger charge is 2.36. The van der Waals surface area contributed by atoms with Crippen molar-refractivity contribution in [3.8, 4) is 5.75 Å². The highest BCUT2D eigenvalue weighted by molar-refractivity contribution is 7.89. The molecule has 4 rings (SSSR count). The van der Waals surface area contributed by atoms with E-state index in [1.807, 2.05) is 25.1 Å². The molecule has 1 atom stereocenters. The van der Waals surface area contributed by atoms with Crippen LogP contribution in [-0.2, 0) is 23.2 Å². The van der Waals surface area contributed by atoms with Crippen LogP contribution >= 0.6 is 11.6 Å². The summed E-state index contributed by atoms with van der Waals surface area (Å²) in [4.78, 5) is 0.282. The summed E-state index contributed by atoms with van der Waals surface area (Å²) in [5, 5.41) is 12.3. The lowest BCUT2D eigenvalue weighted by atomic mass is 10.1. The smallest absolute Gasteiger partial charge is 0.246 e. The first kappa shape index (κ1) is 20.9. The highest BCUT2D eigenvalue weighted by Crippen LogP contribution is 2.31. The first-order valence-corrected chi connectivity index (χ1v) is 11.7. The average Bonchev–Trinajstić information content (AvgIpc) is 3.46. The second-order valence-corrected chi connectivity index (χ2v) is 9.69. The largest absolute Gasteiger partial charge is 0.487 e. The molecular weight excluding hydrogens is 426 g/mol. The Kier molecular flexibility index (Phi) is 5.86. The summed E-state index contributed by atoms with van der Waals surface area (Å²) < 4.78 is 35.0. The van der Waals surface area contributed by atoms with Gasteiger partial charge in [-0.1, -0.05) is 11.6 Å². The van der Waals surface area contributed by atoms with Gasteiger partial charge in [-0.25, -0.2) is 8.42 Å². The molecule has 1 aliphatic heterocycles. The Labute approximate surface area is 180 Å². The van der Waals surface area contributed by atoms with Gasteiger partial charge in [0.2, 0.25) is 10.0 Å². The number of H-pyrrole nitrogens is 1. The zero-order valence-electron chi connectivity index (χ0n) is 16.9. The predicted octanol–water partition coefficient (Wildman–Crippen LogP) is 3.35. The SMILES string of the molecule is CCn1cc(S(=O)(=O)N2CCC(c3cc(COc4ccc(Cl)cc4)[nH]n3)C2)c(C)n1. The minimum atomic E-state index is -3.57.